The van der Waals surface area contributed by atoms with E-state index in [9.17, 15) is 9.18 Å². The lowest BCUT2D eigenvalue weighted by Gasteiger charge is -2.35. The highest BCUT2D eigenvalue weighted by Gasteiger charge is 2.24. The first-order chi connectivity index (χ1) is 13.5. The lowest BCUT2D eigenvalue weighted by atomic mass is 10.0. The molecule has 0 aliphatic carbocycles. The molecule has 0 saturated carbocycles. The number of hydrogen-bond donors (Lipinski definition) is 1. The van der Waals surface area contributed by atoms with Crippen LogP contribution in [-0.4, -0.2) is 50.8 Å². The molecule has 1 aliphatic heterocycles. The summed E-state index contributed by atoms with van der Waals surface area (Å²) >= 11 is 12.3. The predicted molar refractivity (Wildman–Crippen MR) is 107 cm³/mol. The number of benzene rings is 2. The van der Waals surface area contributed by atoms with E-state index < -0.39 is 0 Å². The molecular weight excluding hydrogens is 406 g/mol. The lowest BCUT2D eigenvalue weighted by molar-refractivity contribution is 0.0162. The van der Waals surface area contributed by atoms with Gasteiger partial charge in [0.1, 0.15) is 5.82 Å². The van der Waals surface area contributed by atoms with Gasteiger partial charge < -0.3 is 14.8 Å². The SMILES string of the molecule is COc1c(Cl)cc(C(=O)NCC(c2ccc(F)cc2)N2CCOCC2)cc1Cl. The number of rotatable bonds is 6. The van der Waals surface area contributed by atoms with Gasteiger partial charge in [0.25, 0.3) is 5.91 Å². The van der Waals surface area contributed by atoms with E-state index in [1.165, 1.54) is 31.4 Å². The molecule has 0 aromatic heterocycles. The fraction of sp³-hybridized carbons (Fsp3) is 0.350. The minimum atomic E-state index is -0.299. The van der Waals surface area contributed by atoms with E-state index in [1.807, 2.05) is 0 Å². The van der Waals surface area contributed by atoms with Crippen LogP contribution in [0.25, 0.3) is 0 Å². The molecule has 1 heterocycles. The normalized spacial score (nSPS) is 15.9. The molecule has 2 aromatic carbocycles. The Morgan fingerprint density at radius 3 is 2.39 bits per heavy atom. The number of morpholine rings is 1. The van der Waals surface area contributed by atoms with Crippen LogP contribution in [0.2, 0.25) is 10.0 Å². The van der Waals surface area contributed by atoms with E-state index in [0.29, 0.717) is 31.1 Å². The molecule has 28 heavy (non-hydrogen) atoms. The summed E-state index contributed by atoms with van der Waals surface area (Å²) in [7, 11) is 1.46. The molecule has 1 N–H and O–H groups in total. The highest BCUT2D eigenvalue weighted by Crippen LogP contribution is 2.33. The fourth-order valence-corrected chi connectivity index (χ4v) is 3.85. The fourth-order valence-electron chi connectivity index (χ4n) is 3.21. The van der Waals surface area contributed by atoms with Gasteiger partial charge in [-0.15, -0.1) is 0 Å². The number of halogens is 3. The van der Waals surface area contributed by atoms with Crippen LogP contribution in [0.1, 0.15) is 22.0 Å². The van der Waals surface area contributed by atoms with Gasteiger partial charge in [0, 0.05) is 25.2 Å². The maximum Gasteiger partial charge on any atom is 0.251 e. The van der Waals surface area contributed by atoms with Gasteiger partial charge in [0.05, 0.1) is 36.4 Å². The second-order valence-electron chi connectivity index (χ2n) is 6.40. The number of carbonyl (C=O) groups excluding carboxylic acids is 1. The van der Waals surface area contributed by atoms with Crippen molar-refractivity contribution >= 4 is 29.1 Å². The molecule has 1 aliphatic rings. The Bertz CT molecular complexity index is 804. The van der Waals surface area contributed by atoms with Crippen molar-refractivity contribution in [1.29, 1.82) is 0 Å². The van der Waals surface area contributed by atoms with Crippen LogP contribution in [0.4, 0.5) is 4.39 Å². The molecule has 3 rings (SSSR count). The van der Waals surface area contributed by atoms with Crippen LogP contribution in [0.5, 0.6) is 5.75 Å². The standard InChI is InChI=1S/C20H21Cl2FN2O3/c1-27-19-16(21)10-14(11-17(19)22)20(26)24-12-18(25-6-8-28-9-7-25)13-2-4-15(23)5-3-13/h2-5,10-11,18H,6-9,12H2,1H3,(H,24,26). The lowest BCUT2D eigenvalue weighted by Crippen LogP contribution is -2.43. The summed E-state index contributed by atoms with van der Waals surface area (Å²) in [5.41, 5.74) is 1.27. The van der Waals surface area contributed by atoms with Crippen molar-refractivity contribution in [1.82, 2.24) is 10.2 Å². The monoisotopic (exact) mass is 426 g/mol. The summed E-state index contributed by atoms with van der Waals surface area (Å²) in [5.74, 6) is -0.264. The van der Waals surface area contributed by atoms with Gasteiger partial charge in [-0.1, -0.05) is 35.3 Å². The average molecular weight is 427 g/mol. The minimum absolute atomic E-state index is 0.0994. The first kappa shape index (κ1) is 20.9. The summed E-state index contributed by atoms with van der Waals surface area (Å²) in [5, 5.41) is 3.46. The third-order valence-corrected chi connectivity index (χ3v) is 5.22. The molecule has 150 valence electrons. The van der Waals surface area contributed by atoms with E-state index in [0.717, 1.165) is 18.7 Å². The maximum absolute atomic E-state index is 13.3. The Morgan fingerprint density at radius 2 is 1.82 bits per heavy atom. The Labute approximate surface area is 173 Å². The zero-order valence-electron chi connectivity index (χ0n) is 15.4. The van der Waals surface area contributed by atoms with Crippen molar-refractivity contribution in [2.24, 2.45) is 0 Å². The molecule has 1 amide bonds. The summed E-state index contributed by atoms with van der Waals surface area (Å²) in [6, 6.07) is 9.26. The van der Waals surface area contributed by atoms with Crippen LogP contribution in [0.15, 0.2) is 36.4 Å². The highest BCUT2D eigenvalue weighted by molar-refractivity contribution is 6.37. The van der Waals surface area contributed by atoms with Crippen molar-refractivity contribution in [2.45, 2.75) is 6.04 Å². The highest BCUT2D eigenvalue weighted by atomic mass is 35.5. The molecule has 1 atom stereocenters. The van der Waals surface area contributed by atoms with Gasteiger partial charge in [-0.05, 0) is 29.8 Å². The summed E-state index contributed by atoms with van der Waals surface area (Å²) < 4.78 is 23.9. The van der Waals surface area contributed by atoms with Crippen molar-refractivity contribution in [3.05, 3.63) is 63.4 Å². The zero-order valence-corrected chi connectivity index (χ0v) is 16.9. The first-order valence-electron chi connectivity index (χ1n) is 8.88. The smallest absolute Gasteiger partial charge is 0.251 e. The van der Waals surface area contributed by atoms with Crippen LogP contribution in [0.3, 0.4) is 0 Å². The molecule has 1 saturated heterocycles. The molecule has 0 spiro atoms. The maximum atomic E-state index is 13.3. The van der Waals surface area contributed by atoms with Crippen molar-refractivity contribution < 1.29 is 18.7 Å². The number of methoxy groups -OCH3 is 1. The third kappa shape index (κ3) is 4.94. The van der Waals surface area contributed by atoms with E-state index in [-0.39, 0.29) is 27.8 Å². The minimum Gasteiger partial charge on any atom is -0.494 e. The molecule has 5 nitrogen and oxygen atoms in total. The van der Waals surface area contributed by atoms with Crippen LogP contribution in [0, 0.1) is 5.82 Å². The molecular formula is C20H21Cl2FN2O3. The molecule has 1 unspecified atom stereocenters. The van der Waals surface area contributed by atoms with Crippen LogP contribution >= 0.6 is 23.2 Å². The second kappa shape index (κ2) is 9.56. The molecule has 8 heteroatoms. The number of amides is 1. The first-order valence-corrected chi connectivity index (χ1v) is 9.63. The quantitative estimate of drug-likeness (QED) is 0.759. The van der Waals surface area contributed by atoms with Crippen molar-refractivity contribution in [3.63, 3.8) is 0 Å². The van der Waals surface area contributed by atoms with Gasteiger partial charge in [-0.25, -0.2) is 4.39 Å². The van der Waals surface area contributed by atoms with Crippen LogP contribution < -0.4 is 10.1 Å². The number of nitrogens with zero attached hydrogens (tertiary/aromatic N) is 1. The van der Waals surface area contributed by atoms with Crippen molar-refractivity contribution in [3.8, 4) is 5.75 Å². The summed E-state index contributed by atoms with van der Waals surface area (Å²) in [6.07, 6.45) is 0. The molecule has 0 radical (unpaired) electrons. The number of hydrogen-bond acceptors (Lipinski definition) is 4. The Morgan fingerprint density at radius 1 is 1.21 bits per heavy atom. The molecule has 0 bridgehead atoms. The number of nitrogens with one attached hydrogen (secondary N) is 1. The van der Waals surface area contributed by atoms with Crippen LogP contribution in [-0.2, 0) is 4.74 Å². The molecule has 2 aromatic rings. The van der Waals surface area contributed by atoms with Crippen molar-refractivity contribution in [2.75, 3.05) is 40.0 Å². The zero-order chi connectivity index (χ0) is 20.1. The third-order valence-electron chi connectivity index (χ3n) is 4.66. The summed E-state index contributed by atoms with van der Waals surface area (Å²) in [6.45, 7) is 3.06. The van der Waals surface area contributed by atoms with Gasteiger partial charge in [-0.2, -0.15) is 0 Å². The Hall–Kier alpha value is -1.86. The average Bonchev–Trinajstić information content (AvgIpc) is 2.70. The molecule has 1 fully saturated rings. The van der Waals surface area contributed by atoms with Gasteiger partial charge >= 0.3 is 0 Å². The van der Waals surface area contributed by atoms with Gasteiger partial charge in [0.2, 0.25) is 0 Å². The van der Waals surface area contributed by atoms with Gasteiger partial charge in [-0.3, -0.25) is 9.69 Å². The van der Waals surface area contributed by atoms with E-state index in [2.05, 4.69) is 10.2 Å². The van der Waals surface area contributed by atoms with E-state index in [1.54, 1.807) is 12.1 Å². The van der Waals surface area contributed by atoms with E-state index in [4.69, 9.17) is 32.7 Å². The Balaban J connectivity index is 1.75. The Kier molecular flexibility index (Phi) is 7.13. The van der Waals surface area contributed by atoms with Gasteiger partial charge in [0.15, 0.2) is 5.75 Å². The topological polar surface area (TPSA) is 50.8 Å². The summed E-state index contributed by atoms with van der Waals surface area (Å²) in [4.78, 5) is 14.9. The van der Waals surface area contributed by atoms with E-state index >= 15 is 0 Å². The number of carbonyl (C=O) groups is 1. The number of ether oxygens (including phenoxy) is 2. The largest absolute Gasteiger partial charge is 0.494 e. The predicted octanol–water partition coefficient (Wildman–Crippen LogP) is 3.94. The second-order valence-corrected chi connectivity index (χ2v) is 7.21.